The fourth-order valence-electron chi connectivity index (χ4n) is 2.70. The van der Waals surface area contributed by atoms with Gasteiger partial charge in [0.05, 0.1) is 33.1 Å². The maximum absolute atomic E-state index is 5.56. The van der Waals surface area contributed by atoms with E-state index in [-0.39, 0.29) is 6.04 Å². The Morgan fingerprint density at radius 3 is 2.59 bits per heavy atom. The largest absolute Gasteiger partial charge is 0.497 e. The van der Waals surface area contributed by atoms with Crippen molar-refractivity contribution in [2.24, 2.45) is 4.99 Å². The van der Waals surface area contributed by atoms with E-state index in [4.69, 9.17) is 13.9 Å². The van der Waals surface area contributed by atoms with E-state index in [9.17, 15) is 0 Å². The second kappa shape index (κ2) is 10.5. The highest BCUT2D eigenvalue weighted by Crippen LogP contribution is 2.25. The highest BCUT2D eigenvalue weighted by atomic mass is 16.5. The summed E-state index contributed by atoms with van der Waals surface area (Å²) < 4.78 is 16.3. The molecule has 1 atom stereocenters. The summed E-state index contributed by atoms with van der Waals surface area (Å²) in [7, 11) is 7.35. The van der Waals surface area contributed by atoms with E-state index in [1.165, 1.54) is 0 Å². The minimum absolute atomic E-state index is 0.111. The second-order valence-corrected chi connectivity index (χ2v) is 6.25. The fraction of sp³-hybridized carbons (Fsp3) is 0.450. The summed E-state index contributed by atoms with van der Waals surface area (Å²) in [6.07, 6.45) is 1.70. The van der Waals surface area contributed by atoms with Crippen LogP contribution >= 0.6 is 0 Å². The van der Waals surface area contributed by atoms with Crippen LogP contribution in [0.15, 0.2) is 46.0 Å². The van der Waals surface area contributed by atoms with Crippen LogP contribution in [-0.2, 0) is 6.54 Å². The van der Waals surface area contributed by atoms with Crippen molar-refractivity contribution in [1.82, 2.24) is 15.5 Å². The smallest absolute Gasteiger partial charge is 0.191 e. The zero-order valence-electron chi connectivity index (χ0n) is 16.8. The zero-order chi connectivity index (χ0) is 19.6. The molecule has 0 aliphatic heterocycles. The number of furan rings is 1. The summed E-state index contributed by atoms with van der Waals surface area (Å²) >= 11 is 0. The average Bonchev–Trinajstić information content (AvgIpc) is 3.20. The third-order valence-electron chi connectivity index (χ3n) is 4.20. The molecular formula is C20H30N4O3. The third kappa shape index (κ3) is 5.92. The Bertz CT molecular complexity index is 714. The number of rotatable bonds is 9. The molecule has 148 valence electrons. The summed E-state index contributed by atoms with van der Waals surface area (Å²) in [5.74, 6) is 3.18. The van der Waals surface area contributed by atoms with Gasteiger partial charge in [-0.05, 0) is 45.3 Å². The Morgan fingerprint density at radius 1 is 1.19 bits per heavy atom. The van der Waals surface area contributed by atoms with Crippen LogP contribution in [0.25, 0.3) is 0 Å². The number of likely N-dealkylation sites (N-methyl/N-ethyl adjacent to an activating group) is 1. The van der Waals surface area contributed by atoms with E-state index < -0.39 is 0 Å². The number of methoxy groups -OCH3 is 2. The molecule has 0 radical (unpaired) electrons. The van der Waals surface area contributed by atoms with Gasteiger partial charge in [0.25, 0.3) is 0 Å². The van der Waals surface area contributed by atoms with E-state index in [0.717, 1.165) is 35.3 Å². The molecule has 1 heterocycles. The molecule has 7 nitrogen and oxygen atoms in total. The molecule has 0 bridgehead atoms. The molecular weight excluding hydrogens is 344 g/mol. The lowest BCUT2D eigenvalue weighted by Crippen LogP contribution is -2.41. The number of aliphatic imine (C=N–C) groups is 1. The van der Waals surface area contributed by atoms with Crippen LogP contribution in [-0.4, -0.2) is 52.3 Å². The molecule has 0 aliphatic rings. The second-order valence-electron chi connectivity index (χ2n) is 6.25. The van der Waals surface area contributed by atoms with Crippen LogP contribution in [0.4, 0.5) is 0 Å². The normalized spacial score (nSPS) is 12.7. The van der Waals surface area contributed by atoms with Gasteiger partial charge >= 0.3 is 0 Å². The van der Waals surface area contributed by atoms with Crippen LogP contribution in [0.2, 0.25) is 0 Å². The van der Waals surface area contributed by atoms with Crippen molar-refractivity contribution in [2.75, 3.05) is 41.4 Å². The van der Waals surface area contributed by atoms with E-state index in [1.807, 2.05) is 51.4 Å². The van der Waals surface area contributed by atoms with Crippen molar-refractivity contribution in [1.29, 1.82) is 0 Å². The molecule has 2 rings (SSSR count). The number of hydrogen-bond acceptors (Lipinski definition) is 5. The van der Waals surface area contributed by atoms with Crippen molar-refractivity contribution in [2.45, 2.75) is 19.5 Å². The first kappa shape index (κ1) is 20.6. The Labute approximate surface area is 161 Å². The molecule has 0 saturated carbocycles. The number of hydrogen-bond donors (Lipinski definition) is 2. The number of guanidine groups is 1. The van der Waals surface area contributed by atoms with Crippen LogP contribution < -0.4 is 20.1 Å². The number of benzene rings is 1. The molecule has 0 fully saturated rings. The van der Waals surface area contributed by atoms with Crippen molar-refractivity contribution in [3.05, 3.63) is 47.9 Å². The predicted octanol–water partition coefficient (Wildman–Crippen LogP) is 2.65. The Kier molecular flexibility index (Phi) is 8.00. The quantitative estimate of drug-likeness (QED) is 0.519. The Morgan fingerprint density at radius 2 is 2.00 bits per heavy atom. The molecule has 0 spiro atoms. The van der Waals surface area contributed by atoms with Gasteiger partial charge in [-0.25, -0.2) is 4.99 Å². The Hall–Kier alpha value is -2.67. The summed E-state index contributed by atoms with van der Waals surface area (Å²) in [5, 5.41) is 6.67. The van der Waals surface area contributed by atoms with Gasteiger partial charge < -0.3 is 24.5 Å². The molecule has 2 aromatic rings. The lowest BCUT2D eigenvalue weighted by Gasteiger charge is -2.23. The first-order valence-corrected chi connectivity index (χ1v) is 9.02. The van der Waals surface area contributed by atoms with Crippen LogP contribution in [0.3, 0.4) is 0 Å². The average molecular weight is 374 g/mol. The first-order chi connectivity index (χ1) is 13.1. The molecule has 0 saturated heterocycles. The maximum Gasteiger partial charge on any atom is 0.191 e. The van der Waals surface area contributed by atoms with Gasteiger partial charge in [-0.15, -0.1) is 0 Å². The van der Waals surface area contributed by atoms with Crippen molar-refractivity contribution >= 4 is 5.96 Å². The lowest BCUT2D eigenvalue weighted by molar-refractivity contribution is 0.258. The van der Waals surface area contributed by atoms with Crippen LogP contribution in [0, 0.1) is 0 Å². The predicted molar refractivity (Wildman–Crippen MR) is 108 cm³/mol. The molecule has 2 N–H and O–H groups in total. The monoisotopic (exact) mass is 374 g/mol. The summed E-state index contributed by atoms with van der Waals surface area (Å²) in [4.78, 5) is 6.80. The minimum Gasteiger partial charge on any atom is -0.497 e. The van der Waals surface area contributed by atoms with Crippen molar-refractivity contribution in [3.63, 3.8) is 0 Å². The molecule has 1 aromatic carbocycles. The van der Waals surface area contributed by atoms with Gasteiger partial charge in [0.1, 0.15) is 17.3 Å². The fourth-order valence-corrected chi connectivity index (χ4v) is 2.70. The molecule has 0 aliphatic carbocycles. The number of nitrogens with zero attached hydrogens (tertiary/aromatic N) is 2. The number of nitrogens with one attached hydrogen (secondary N) is 2. The molecule has 1 aromatic heterocycles. The SMILES string of the molecule is CCNC(=NCc1ccc(OC)cc1OC)NCC(c1ccco1)N(C)C. The lowest BCUT2D eigenvalue weighted by atomic mass is 10.2. The van der Waals surface area contributed by atoms with E-state index in [1.54, 1.807) is 20.5 Å². The third-order valence-corrected chi connectivity index (χ3v) is 4.20. The number of ether oxygens (including phenoxy) is 2. The summed E-state index contributed by atoms with van der Waals surface area (Å²) in [6.45, 7) is 3.99. The van der Waals surface area contributed by atoms with E-state index in [0.29, 0.717) is 13.1 Å². The zero-order valence-corrected chi connectivity index (χ0v) is 16.8. The topological polar surface area (TPSA) is 71.3 Å². The summed E-state index contributed by atoms with van der Waals surface area (Å²) in [5.41, 5.74) is 0.991. The van der Waals surface area contributed by atoms with E-state index >= 15 is 0 Å². The van der Waals surface area contributed by atoms with Gasteiger partial charge in [-0.2, -0.15) is 0 Å². The van der Waals surface area contributed by atoms with E-state index in [2.05, 4.69) is 20.5 Å². The van der Waals surface area contributed by atoms with Gasteiger partial charge in [0.15, 0.2) is 5.96 Å². The molecule has 1 unspecified atom stereocenters. The maximum atomic E-state index is 5.56. The van der Waals surface area contributed by atoms with Crippen molar-refractivity contribution in [3.8, 4) is 11.5 Å². The minimum atomic E-state index is 0.111. The first-order valence-electron chi connectivity index (χ1n) is 9.02. The van der Waals surface area contributed by atoms with Crippen LogP contribution in [0.1, 0.15) is 24.3 Å². The van der Waals surface area contributed by atoms with Crippen molar-refractivity contribution < 1.29 is 13.9 Å². The van der Waals surface area contributed by atoms with Gasteiger partial charge in [-0.3, -0.25) is 4.90 Å². The van der Waals surface area contributed by atoms with Gasteiger partial charge in [0, 0.05) is 24.7 Å². The Balaban J connectivity index is 2.07. The van der Waals surface area contributed by atoms with Crippen LogP contribution in [0.5, 0.6) is 11.5 Å². The standard InChI is InChI=1S/C20H30N4O3/c1-6-21-20(23-14-17(24(2)3)18-8-7-11-27-18)22-13-15-9-10-16(25-4)12-19(15)26-5/h7-12,17H,6,13-14H2,1-5H3,(H2,21,22,23). The highest BCUT2D eigenvalue weighted by Gasteiger charge is 2.17. The van der Waals surface area contributed by atoms with Gasteiger partial charge in [0.2, 0.25) is 0 Å². The molecule has 7 heteroatoms. The molecule has 0 amide bonds. The highest BCUT2D eigenvalue weighted by molar-refractivity contribution is 5.79. The molecule has 27 heavy (non-hydrogen) atoms. The summed E-state index contributed by atoms with van der Waals surface area (Å²) in [6, 6.07) is 9.74. The van der Waals surface area contributed by atoms with Gasteiger partial charge in [-0.1, -0.05) is 0 Å².